The SMILES string of the molecule is CCc1cnc(CNC(=NC)NCc2cccc(N(C)C)c2)s1.I. The van der Waals surface area contributed by atoms with E-state index in [9.17, 15) is 0 Å². The Balaban J connectivity index is 0.00000288. The van der Waals surface area contributed by atoms with Gasteiger partial charge >= 0.3 is 0 Å². The fourth-order valence-corrected chi connectivity index (χ4v) is 2.91. The fraction of sp³-hybridized carbons (Fsp3) is 0.412. The highest BCUT2D eigenvalue weighted by molar-refractivity contribution is 14.0. The lowest BCUT2D eigenvalue weighted by molar-refractivity contribution is 0.805. The van der Waals surface area contributed by atoms with Gasteiger partial charge in [0.15, 0.2) is 5.96 Å². The van der Waals surface area contributed by atoms with Crippen molar-refractivity contribution >= 4 is 47.0 Å². The molecule has 0 aliphatic carbocycles. The van der Waals surface area contributed by atoms with Crippen LogP contribution in [0.15, 0.2) is 35.5 Å². The van der Waals surface area contributed by atoms with Gasteiger partial charge in [-0.2, -0.15) is 0 Å². The molecule has 0 amide bonds. The Kier molecular flexibility index (Phi) is 9.05. The molecule has 0 spiro atoms. The smallest absolute Gasteiger partial charge is 0.191 e. The number of aromatic nitrogens is 1. The number of benzene rings is 1. The second-order valence-electron chi connectivity index (χ2n) is 5.42. The van der Waals surface area contributed by atoms with Crippen molar-refractivity contribution in [2.75, 3.05) is 26.0 Å². The molecule has 0 bridgehead atoms. The molecule has 0 aliphatic heterocycles. The molecule has 1 heterocycles. The average Bonchev–Trinajstić information content (AvgIpc) is 3.03. The van der Waals surface area contributed by atoms with Crippen LogP contribution in [0, 0.1) is 0 Å². The zero-order chi connectivity index (χ0) is 16.7. The Morgan fingerprint density at radius 2 is 2.00 bits per heavy atom. The minimum absolute atomic E-state index is 0. The molecular formula is C17H26IN5S. The van der Waals surface area contributed by atoms with Crippen LogP contribution >= 0.6 is 35.3 Å². The van der Waals surface area contributed by atoms with E-state index in [1.807, 2.05) is 20.3 Å². The number of anilines is 1. The number of aliphatic imine (C=N–C) groups is 1. The number of halogens is 1. The molecule has 1 aromatic heterocycles. The Morgan fingerprint density at radius 1 is 1.25 bits per heavy atom. The molecule has 24 heavy (non-hydrogen) atoms. The van der Waals surface area contributed by atoms with Crippen molar-refractivity contribution in [3.05, 3.63) is 45.9 Å². The second-order valence-corrected chi connectivity index (χ2v) is 6.62. The minimum atomic E-state index is 0. The first-order valence-electron chi connectivity index (χ1n) is 7.76. The maximum absolute atomic E-state index is 4.41. The first kappa shape index (κ1) is 20.7. The van der Waals surface area contributed by atoms with Gasteiger partial charge in [0.25, 0.3) is 0 Å². The fourth-order valence-electron chi connectivity index (χ4n) is 2.10. The minimum Gasteiger partial charge on any atom is -0.378 e. The van der Waals surface area contributed by atoms with E-state index in [4.69, 9.17) is 0 Å². The number of hydrogen-bond acceptors (Lipinski definition) is 4. The van der Waals surface area contributed by atoms with Gasteiger partial charge in [-0.05, 0) is 24.1 Å². The third-order valence-electron chi connectivity index (χ3n) is 3.47. The molecule has 2 N–H and O–H groups in total. The molecule has 7 heteroatoms. The molecule has 0 saturated heterocycles. The second kappa shape index (κ2) is 10.5. The molecule has 0 atom stereocenters. The van der Waals surface area contributed by atoms with E-state index in [1.54, 1.807) is 18.4 Å². The van der Waals surface area contributed by atoms with Gasteiger partial charge in [-0.1, -0.05) is 19.1 Å². The van der Waals surface area contributed by atoms with E-state index in [-0.39, 0.29) is 24.0 Å². The molecule has 0 fully saturated rings. The predicted octanol–water partition coefficient (Wildman–Crippen LogP) is 3.25. The van der Waals surface area contributed by atoms with Crippen LogP contribution in [0.1, 0.15) is 22.4 Å². The number of aryl methyl sites for hydroxylation is 1. The summed E-state index contributed by atoms with van der Waals surface area (Å²) in [5.41, 5.74) is 2.42. The van der Waals surface area contributed by atoms with Crippen LogP contribution in [0.2, 0.25) is 0 Å². The molecule has 2 rings (SSSR count). The lowest BCUT2D eigenvalue weighted by atomic mass is 10.2. The molecule has 0 aliphatic rings. The summed E-state index contributed by atoms with van der Waals surface area (Å²) in [6.45, 7) is 3.58. The van der Waals surface area contributed by atoms with Gasteiger partial charge in [-0.15, -0.1) is 35.3 Å². The molecule has 0 unspecified atom stereocenters. The topological polar surface area (TPSA) is 52.6 Å². The normalized spacial score (nSPS) is 10.9. The summed E-state index contributed by atoms with van der Waals surface area (Å²) in [6, 6.07) is 8.46. The largest absolute Gasteiger partial charge is 0.378 e. The zero-order valence-electron chi connectivity index (χ0n) is 14.7. The number of hydrogen-bond donors (Lipinski definition) is 2. The Morgan fingerprint density at radius 3 is 2.62 bits per heavy atom. The third-order valence-corrected chi connectivity index (χ3v) is 4.61. The lowest BCUT2D eigenvalue weighted by Crippen LogP contribution is -2.36. The first-order valence-corrected chi connectivity index (χ1v) is 8.58. The van der Waals surface area contributed by atoms with Crippen LogP contribution < -0.4 is 15.5 Å². The van der Waals surface area contributed by atoms with Crippen LogP contribution in [-0.4, -0.2) is 32.1 Å². The van der Waals surface area contributed by atoms with Crippen LogP contribution in [-0.2, 0) is 19.5 Å². The Bertz CT molecular complexity index is 654. The summed E-state index contributed by atoms with van der Waals surface area (Å²) in [5, 5.41) is 7.73. The van der Waals surface area contributed by atoms with E-state index in [0.29, 0.717) is 6.54 Å². The maximum atomic E-state index is 4.41. The summed E-state index contributed by atoms with van der Waals surface area (Å²) in [6.07, 6.45) is 2.98. The summed E-state index contributed by atoms with van der Waals surface area (Å²) in [7, 11) is 5.88. The molecule has 0 saturated carbocycles. The number of nitrogens with one attached hydrogen (secondary N) is 2. The molecule has 1 aromatic carbocycles. The third kappa shape index (κ3) is 6.27. The Hall–Kier alpha value is -1.35. The van der Waals surface area contributed by atoms with E-state index in [0.717, 1.165) is 23.9 Å². The van der Waals surface area contributed by atoms with Crippen LogP contribution in [0.5, 0.6) is 0 Å². The van der Waals surface area contributed by atoms with E-state index < -0.39 is 0 Å². The molecule has 2 aromatic rings. The molecule has 0 radical (unpaired) electrons. The standard InChI is InChI=1S/C17H25N5S.HI/c1-5-15-11-19-16(23-15)12-21-17(18-2)20-10-13-7-6-8-14(9-13)22(3)4;/h6-9,11H,5,10,12H2,1-4H3,(H2,18,20,21);1H. The highest BCUT2D eigenvalue weighted by Crippen LogP contribution is 2.14. The maximum Gasteiger partial charge on any atom is 0.191 e. The van der Waals surface area contributed by atoms with Crippen LogP contribution in [0.25, 0.3) is 0 Å². The molecular weight excluding hydrogens is 433 g/mol. The zero-order valence-corrected chi connectivity index (χ0v) is 17.8. The summed E-state index contributed by atoms with van der Waals surface area (Å²) >= 11 is 1.74. The lowest BCUT2D eigenvalue weighted by Gasteiger charge is -2.15. The Labute approximate surface area is 165 Å². The van der Waals surface area contributed by atoms with Crippen molar-refractivity contribution in [2.24, 2.45) is 4.99 Å². The van der Waals surface area contributed by atoms with Crippen molar-refractivity contribution in [2.45, 2.75) is 26.4 Å². The summed E-state index contributed by atoms with van der Waals surface area (Å²) in [4.78, 5) is 12.1. The monoisotopic (exact) mass is 459 g/mol. The van der Waals surface area contributed by atoms with Gasteiger partial charge < -0.3 is 15.5 Å². The highest BCUT2D eigenvalue weighted by atomic mass is 127. The number of guanidine groups is 1. The van der Waals surface area contributed by atoms with Crippen molar-refractivity contribution in [3.8, 4) is 0 Å². The van der Waals surface area contributed by atoms with E-state index in [1.165, 1.54) is 16.1 Å². The molecule has 5 nitrogen and oxygen atoms in total. The highest BCUT2D eigenvalue weighted by Gasteiger charge is 2.03. The van der Waals surface area contributed by atoms with Gasteiger partial charge in [0, 0.05) is 44.4 Å². The molecule has 132 valence electrons. The summed E-state index contributed by atoms with van der Waals surface area (Å²) < 4.78 is 0. The van der Waals surface area contributed by atoms with Gasteiger partial charge in [-0.3, -0.25) is 4.99 Å². The van der Waals surface area contributed by atoms with Gasteiger partial charge in [0.05, 0.1) is 6.54 Å². The number of nitrogens with zero attached hydrogens (tertiary/aromatic N) is 3. The van der Waals surface area contributed by atoms with E-state index in [2.05, 4.69) is 56.7 Å². The van der Waals surface area contributed by atoms with Gasteiger partial charge in [0.1, 0.15) is 5.01 Å². The number of rotatable bonds is 6. The van der Waals surface area contributed by atoms with Crippen LogP contribution in [0.3, 0.4) is 0 Å². The van der Waals surface area contributed by atoms with Crippen molar-refractivity contribution in [3.63, 3.8) is 0 Å². The van der Waals surface area contributed by atoms with Crippen molar-refractivity contribution < 1.29 is 0 Å². The predicted molar refractivity (Wildman–Crippen MR) is 115 cm³/mol. The summed E-state index contributed by atoms with van der Waals surface area (Å²) in [5.74, 6) is 0.786. The average molecular weight is 459 g/mol. The van der Waals surface area contributed by atoms with Crippen molar-refractivity contribution in [1.29, 1.82) is 0 Å². The number of thiazole rings is 1. The van der Waals surface area contributed by atoms with Gasteiger partial charge in [-0.25, -0.2) is 4.98 Å². The first-order chi connectivity index (χ1) is 11.1. The van der Waals surface area contributed by atoms with Crippen LogP contribution in [0.4, 0.5) is 5.69 Å². The van der Waals surface area contributed by atoms with Gasteiger partial charge in [0.2, 0.25) is 0 Å². The quantitative estimate of drug-likeness (QED) is 0.396. The van der Waals surface area contributed by atoms with Crippen molar-refractivity contribution in [1.82, 2.24) is 15.6 Å². The van der Waals surface area contributed by atoms with E-state index >= 15 is 0 Å².